The van der Waals surface area contributed by atoms with Gasteiger partial charge in [0.2, 0.25) is 0 Å². The summed E-state index contributed by atoms with van der Waals surface area (Å²) in [5, 5.41) is 13.3. The van der Waals surface area contributed by atoms with E-state index in [9.17, 15) is 10.1 Å². The van der Waals surface area contributed by atoms with Gasteiger partial charge in [0.15, 0.2) is 0 Å². The van der Waals surface area contributed by atoms with Crippen molar-refractivity contribution in [2.75, 3.05) is 5.32 Å². The Labute approximate surface area is 167 Å². The van der Waals surface area contributed by atoms with E-state index in [-0.39, 0.29) is 5.91 Å². The van der Waals surface area contributed by atoms with Crippen LogP contribution in [0.3, 0.4) is 0 Å². The third-order valence-electron chi connectivity index (χ3n) is 5.71. The van der Waals surface area contributed by atoms with Gasteiger partial charge in [-0.15, -0.1) is 11.3 Å². The lowest BCUT2D eigenvalue weighted by Gasteiger charge is -2.36. The Morgan fingerprint density at radius 1 is 1.46 bits per heavy atom. The molecule has 1 amide bonds. The first kappa shape index (κ1) is 19.1. The molecule has 0 radical (unpaired) electrons. The molecule has 1 aliphatic rings. The number of thiophene rings is 1. The fourth-order valence-corrected chi connectivity index (χ4v) is 5.23. The number of nitrogens with zero attached hydrogens (tertiary/aromatic N) is 1. The van der Waals surface area contributed by atoms with E-state index in [2.05, 4.69) is 48.1 Å². The number of carbonyl (C=O) groups excluding carboxylic acids is 1. The Bertz CT molecular complexity index is 879. The monoisotopic (exact) mass is 430 g/mol. The highest BCUT2D eigenvalue weighted by atomic mass is 79.9. The Morgan fingerprint density at radius 3 is 2.88 bits per heavy atom. The molecule has 26 heavy (non-hydrogen) atoms. The van der Waals surface area contributed by atoms with Crippen molar-refractivity contribution >= 4 is 38.2 Å². The maximum Gasteiger partial charge on any atom is 0.256 e. The first-order valence-electron chi connectivity index (χ1n) is 8.97. The summed E-state index contributed by atoms with van der Waals surface area (Å²) in [6.07, 6.45) is 4.19. The van der Waals surface area contributed by atoms with Crippen LogP contribution in [-0.2, 0) is 12.8 Å². The quantitative estimate of drug-likeness (QED) is 0.629. The maximum absolute atomic E-state index is 12.6. The molecule has 1 atom stereocenters. The van der Waals surface area contributed by atoms with E-state index < -0.39 is 0 Å². The molecule has 0 aliphatic heterocycles. The topological polar surface area (TPSA) is 52.9 Å². The molecule has 1 heterocycles. The fourth-order valence-electron chi connectivity index (χ4n) is 3.55. The van der Waals surface area contributed by atoms with Gasteiger partial charge in [0.05, 0.1) is 5.56 Å². The van der Waals surface area contributed by atoms with E-state index in [1.807, 2.05) is 12.1 Å². The van der Waals surface area contributed by atoms with Crippen LogP contribution in [0.25, 0.3) is 0 Å². The minimum absolute atomic E-state index is 0.174. The highest BCUT2D eigenvalue weighted by molar-refractivity contribution is 9.10. The number of anilines is 1. The molecule has 0 bridgehead atoms. The molecule has 3 rings (SSSR count). The summed E-state index contributed by atoms with van der Waals surface area (Å²) in [7, 11) is 0. The lowest BCUT2D eigenvalue weighted by molar-refractivity contribution is 0.102. The molecule has 0 saturated heterocycles. The summed E-state index contributed by atoms with van der Waals surface area (Å²) in [6.45, 7) is 6.91. The van der Waals surface area contributed by atoms with Gasteiger partial charge in [0, 0.05) is 14.9 Å². The number of amides is 1. The van der Waals surface area contributed by atoms with Crippen LogP contribution in [0.2, 0.25) is 0 Å². The predicted molar refractivity (Wildman–Crippen MR) is 111 cm³/mol. The third-order valence-corrected chi connectivity index (χ3v) is 7.37. The van der Waals surface area contributed by atoms with Gasteiger partial charge >= 0.3 is 0 Å². The Balaban J connectivity index is 1.87. The standard InChI is InChI=1S/C21H23BrN2OS/c1-4-21(2,3)14-8-9-16-17(12-23)20(26-18(16)11-14)24-19(25)13-6-5-7-15(22)10-13/h5-7,10,14H,4,8-9,11H2,1-3H3,(H,24,25)/t14-/m0/s1. The molecule has 0 saturated carbocycles. The zero-order valence-corrected chi connectivity index (χ0v) is 17.8. The van der Waals surface area contributed by atoms with Gasteiger partial charge in [-0.05, 0) is 54.4 Å². The van der Waals surface area contributed by atoms with Crippen molar-refractivity contribution in [2.45, 2.75) is 46.5 Å². The predicted octanol–water partition coefficient (Wildman–Crippen LogP) is 6.18. The zero-order chi connectivity index (χ0) is 18.9. The number of halogens is 1. The van der Waals surface area contributed by atoms with Crippen molar-refractivity contribution in [3.8, 4) is 6.07 Å². The second kappa shape index (κ2) is 7.54. The van der Waals surface area contributed by atoms with E-state index in [1.54, 1.807) is 23.5 Å². The summed E-state index contributed by atoms with van der Waals surface area (Å²) >= 11 is 4.97. The highest BCUT2D eigenvalue weighted by Crippen LogP contribution is 2.45. The number of nitriles is 1. The molecule has 5 heteroatoms. The van der Waals surface area contributed by atoms with Crippen molar-refractivity contribution in [1.82, 2.24) is 0 Å². The molecule has 0 fully saturated rings. The van der Waals surface area contributed by atoms with Crippen LogP contribution < -0.4 is 5.32 Å². The van der Waals surface area contributed by atoms with E-state index in [1.165, 1.54) is 4.88 Å². The van der Waals surface area contributed by atoms with Crippen molar-refractivity contribution in [3.63, 3.8) is 0 Å². The molecular weight excluding hydrogens is 408 g/mol. The number of fused-ring (bicyclic) bond motifs is 1. The third kappa shape index (κ3) is 3.72. The number of benzene rings is 1. The van der Waals surface area contributed by atoms with Crippen molar-refractivity contribution in [3.05, 3.63) is 50.3 Å². The molecule has 1 aromatic carbocycles. The van der Waals surface area contributed by atoms with Gasteiger partial charge < -0.3 is 5.32 Å². The number of rotatable bonds is 4. The molecule has 136 valence electrons. The Hall–Kier alpha value is -1.64. The second-order valence-corrected chi connectivity index (χ2v) is 9.59. The van der Waals surface area contributed by atoms with Crippen LogP contribution in [0.4, 0.5) is 5.00 Å². The molecule has 2 aromatic rings. The second-order valence-electron chi connectivity index (χ2n) is 7.57. The molecular formula is C21H23BrN2OS. The molecule has 1 N–H and O–H groups in total. The minimum Gasteiger partial charge on any atom is -0.312 e. The molecule has 0 spiro atoms. The Morgan fingerprint density at radius 2 is 2.23 bits per heavy atom. The van der Waals surface area contributed by atoms with Crippen molar-refractivity contribution in [1.29, 1.82) is 5.26 Å². The molecule has 1 aromatic heterocycles. The van der Waals surface area contributed by atoms with Crippen LogP contribution in [-0.4, -0.2) is 5.91 Å². The first-order valence-corrected chi connectivity index (χ1v) is 10.6. The minimum atomic E-state index is -0.174. The van der Waals surface area contributed by atoms with Gasteiger partial charge in [-0.1, -0.05) is 49.2 Å². The van der Waals surface area contributed by atoms with Gasteiger partial charge in [0.1, 0.15) is 11.1 Å². The summed E-state index contributed by atoms with van der Waals surface area (Å²) in [4.78, 5) is 13.8. The van der Waals surface area contributed by atoms with E-state index in [0.29, 0.717) is 27.5 Å². The average Bonchev–Trinajstić information content (AvgIpc) is 2.97. The van der Waals surface area contributed by atoms with Gasteiger partial charge in [-0.2, -0.15) is 5.26 Å². The highest BCUT2D eigenvalue weighted by Gasteiger charge is 2.34. The normalized spacial score (nSPS) is 16.7. The fraction of sp³-hybridized carbons (Fsp3) is 0.429. The first-order chi connectivity index (χ1) is 12.4. The number of hydrogen-bond acceptors (Lipinski definition) is 3. The maximum atomic E-state index is 12.6. The summed E-state index contributed by atoms with van der Waals surface area (Å²) < 4.78 is 0.862. The number of carbonyl (C=O) groups is 1. The van der Waals surface area contributed by atoms with Crippen LogP contribution >= 0.6 is 27.3 Å². The Kier molecular flexibility index (Phi) is 5.55. The number of nitrogens with one attached hydrogen (secondary N) is 1. The average molecular weight is 431 g/mol. The zero-order valence-electron chi connectivity index (χ0n) is 15.4. The number of hydrogen-bond donors (Lipinski definition) is 1. The SMILES string of the molecule is CCC(C)(C)[C@H]1CCc2c(sc(NC(=O)c3cccc(Br)c3)c2C#N)C1. The van der Waals surface area contributed by atoms with E-state index >= 15 is 0 Å². The molecule has 1 aliphatic carbocycles. The van der Waals surface area contributed by atoms with E-state index in [0.717, 1.165) is 35.7 Å². The van der Waals surface area contributed by atoms with Crippen LogP contribution in [0.15, 0.2) is 28.7 Å². The van der Waals surface area contributed by atoms with Crippen LogP contribution in [0, 0.1) is 22.7 Å². The van der Waals surface area contributed by atoms with Gasteiger partial charge in [-0.25, -0.2) is 0 Å². The molecule has 3 nitrogen and oxygen atoms in total. The van der Waals surface area contributed by atoms with Crippen molar-refractivity contribution < 1.29 is 4.79 Å². The smallest absolute Gasteiger partial charge is 0.256 e. The summed E-state index contributed by atoms with van der Waals surface area (Å²) in [5.74, 6) is 0.450. The summed E-state index contributed by atoms with van der Waals surface area (Å²) in [5.41, 5.74) is 2.68. The molecule has 0 unspecified atom stereocenters. The lowest BCUT2D eigenvalue weighted by Crippen LogP contribution is -2.28. The van der Waals surface area contributed by atoms with E-state index in [4.69, 9.17) is 0 Å². The van der Waals surface area contributed by atoms with Gasteiger partial charge in [0.25, 0.3) is 5.91 Å². The van der Waals surface area contributed by atoms with Crippen molar-refractivity contribution in [2.24, 2.45) is 11.3 Å². The largest absolute Gasteiger partial charge is 0.312 e. The van der Waals surface area contributed by atoms with Crippen LogP contribution in [0.1, 0.15) is 60.0 Å². The van der Waals surface area contributed by atoms with Gasteiger partial charge in [-0.3, -0.25) is 4.79 Å². The van der Waals surface area contributed by atoms with Crippen LogP contribution in [0.5, 0.6) is 0 Å². The summed E-state index contributed by atoms with van der Waals surface area (Å²) in [6, 6.07) is 9.61. The lowest BCUT2D eigenvalue weighted by atomic mass is 9.69.